The molecule has 0 radical (unpaired) electrons. The second-order valence-corrected chi connectivity index (χ2v) is 7.17. The topological polar surface area (TPSA) is 52.7 Å². The second kappa shape index (κ2) is 6.93. The van der Waals surface area contributed by atoms with Crippen molar-refractivity contribution in [3.05, 3.63) is 29.8 Å². The number of rotatable bonds is 4. The van der Waals surface area contributed by atoms with Gasteiger partial charge in [0.2, 0.25) is 11.8 Å². The largest absolute Gasteiger partial charge is 0.341 e. The summed E-state index contributed by atoms with van der Waals surface area (Å²) in [6.07, 6.45) is 1.57. The summed E-state index contributed by atoms with van der Waals surface area (Å²) in [7, 11) is 1.83. The van der Waals surface area contributed by atoms with Crippen LogP contribution >= 0.6 is 0 Å². The lowest BCUT2D eigenvalue weighted by Crippen LogP contribution is -2.44. The Hall–Kier alpha value is -1.88. The van der Waals surface area contributed by atoms with E-state index >= 15 is 0 Å². The quantitative estimate of drug-likeness (QED) is 0.860. The lowest BCUT2D eigenvalue weighted by Gasteiger charge is -2.26. The van der Waals surface area contributed by atoms with Gasteiger partial charge in [-0.3, -0.25) is 9.59 Å². The molecule has 2 aliphatic heterocycles. The summed E-state index contributed by atoms with van der Waals surface area (Å²) >= 11 is 0. The molecule has 2 unspecified atom stereocenters. The predicted molar refractivity (Wildman–Crippen MR) is 95.0 cm³/mol. The van der Waals surface area contributed by atoms with Crippen LogP contribution < -0.4 is 10.2 Å². The molecule has 2 saturated heterocycles. The van der Waals surface area contributed by atoms with Gasteiger partial charge in [-0.2, -0.15) is 0 Å². The minimum absolute atomic E-state index is 0.0324. The molecule has 3 rings (SSSR count). The van der Waals surface area contributed by atoms with Crippen LogP contribution in [0.1, 0.15) is 38.2 Å². The number of nitrogens with one attached hydrogen (secondary N) is 1. The average molecular weight is 329 g/mol. The number of amides is 2. The van der Waals surface area contributed by atoms with E-state index in [1.807, 2.05) is 19.2 Å². The second-order valence-electron chi connectivity index (χ2n) is 7.17. The molecule has 24 heavy (non-hydrogen) atoms. The fraction of sp³-hybridized carbons (Fsp3) is 0.579. The Bertz CT molecular complexity index is 606. The van der Waals surface area contributed by atoms with Gasteiger partial charge in [-0.15, -0.1) is 0 Å². The van der Waals surface area contributed by atoms with Crippen LogP contribution in [0, 0.1) is 5.92 Å². The van der Waals surface area contributed by atoms with Crippen LogP contribution in [-0.4, -0.2) is 49.4 Å². The zero-order chi connectivity index (χ0) is 17.3. The molecule has 2 fully saturated rings. The highest BCUT2D eigenvalue weighted by atomic mass is 16.2. The maximum atomic E-state index is 12.7. The number of anilines is 1. The zero-order valence-electron chi connectivity index (χ0n) is 14.8. The molecule has 2 atom stereocenters. The molecule has 0 aromatic heterocycles. The molecule has 1 aromatic carbocycles. The molecular weight excluding hydrogens is 302 g/mol. The fourth-order valence-electron chi connectivity index (χ4n) is 3.60. The Labute approximate surface area is 144 Å². The average Bonchev–Trinajstić information content (AvgIpc) is 3.23. The summed E-state index contributed by atoms with van der Waals surface area (Å²) in [4.78, 5) is 29.0. The highest BCUT2D eigenvalue weighted by Crippen LogP contribution is 2.28. The first-order valence-corrected chi connectivity index (χ1v) is 8.87. The first-order chi connectivity index (χ1) is 11.5. The highest BCUT2D eigenvalue weighted by Gasteiger charge is 2.40. The van der Waals surface area contributed by atoms with E-state index in [9.17, 15) is 9.59 Å². The number of carbonyl (C=O) groups is 2. The third-order valence-corrected chi connectivity index (χ3v) is 5.30. The van der Waals surface area contributed by atoms with E-state index < -0.39 is 5.92 Å². The molecule has 0 bridgehead atoms. The maximum absolute atomic E-state index is 12.7. The molecule has 1 aromatic rings. The van der Waals surface area contributed by atoms with Crippen LogP contribution in [0.25, 0.3) is 0 Å². The normalized spacial score (nSPS) is 24.0. The van der Waals surface area contributed by atoms with E-state index in [2.05, 4.69) is 31.3 Å². The summed E-state index contributed by atoms with van der Waals surface area (Å²) < 4.78 is 0. The number of benzene rings is 1. The Kier molecular flexibility index (Phi) is 4.90. The first-order valence-electron chi connectivity index (χ1n) is 8.87. The molecule has 1 N–H and O–H groups in total. The fourth-order valence-corrected chi connectivity index (χ4v) is 3.60. The SMILES string of the molecule is CC(C)c1ccc(N2CCC(C(=O)N(C)C3CCNC3)C2=O)cc1. The third kappa shape index (κ3) is 3.18. The van der Waals surface area contributed by atoms with E-state index in [4.69, 9.17) is 0 Å². The third-order valence-electron chi connectivity index (χ3n) is 5.30. The molecule has 2 aliphatic rings. The number of carbonyl (C=O) groups excluding carboxylic acids is 2. The molecule has 5 nitrogen and oxygen atoms in total. The number of likely N-dealkylation sites (N-methyl/N-ethyl adjacent to an activating group) is 1. The van der Waals surface area contributed by atoms with Gasteiger partial charge >= 0.3 is 0 Å². The maximum Gasteiger partial charge on any atom is 0.239 e. The van der Waals surface area contributed by atoms with Crippen molar-refractivity contribution in [2.45, 2.75) is 38.6 Å². The molecule has 130 valence electrons. The van der Waals surface area contributed by atoms with Gasteiger partial charge in [-0.05, 0) is 43.0 Å². The van der Waals surface area contributed by atoms with Crippen LogP contribution in [0.4, 0.5) is 5.69 Å². The Morgan fingerprint density at radius 2 is 1.96 bits per heavy atom. The zero-order valence-corrected chi connectivity index (χ0v) is 14.8. The Balaban J connectivity index is 1.69. The molecule has 2 heterocycles. The van der Waals surface area contributed by atoms with Gasteiger partial charge in [0.1, 0.15) is 5.92 Å². The van der Waals surface area contributed by atoms with E-state index in [1.54, 1.807) is 9.80 Å². The van der Waals surface area contributed by atoms with Gasteiger partial charge in [-0.1, -0.05) is 26.0 Å². The lowest BCUT2D eigenvalue weighted by molar-refractivity contribution is -0.140. The van der Waals surface area contributed by atoms with Crippen molar-refractivity contribution in [3.63, 3.8) is 0 Å². The highest BCUT2D eigenvalue weighted by molar-refractivity contribution is 6.09. The van der Waals surface area contributed by atoms with Crippen molar-refractivity contribution < 1.29 is 9.59 Å². The van der Waals surface area contributed by atoms with Gasteiger partial charge in [0.05, 0.1) is 0 Å². The van der Waals surface area contributed by atoms with Crippen LogP contribution in [0.3, 0.4) is 0 Å². The molecule has 0 aliphatic carbocycles. The van der Waals surface area contributed by atoms with Gasteiger partial charge < -0.3 is 15.1 Å². The molecule has 5 heteroatoms. The van der Waals surface area contributed by atoms with Crippen LogP contribution in [0.2, 0.25) is 0 Å². The van der Waals surface area contributed by atoms with E-state index in [-0.39, 0.29) is 17.9 Å². The monoisotopic (exact) mass is 329 g/mol. The van der Waals surface area contributed by atoms with Crippen molar-refractivity contribution in [3.8, 4) is 0 Å². The van der Waals surface area contributed by atoms with E-state index in [0.29, 0.717) is 18.9 Å². The lowest BCUT2D eigenvalue weighted by atomic mass is 10.0. The number of nitrogens with zero attached hydrogens (tertiary/aromatic N) is 2. The molecule has 2 amide bonds. The van der Waals surface area contributed by atoms with Gasteiger partial charge in [0, 0.05) is 31.9 Å². The summed E-state index contributed by atoms with van der Waals surface area (Å²) in [5.74, 6) is -0.151. The number of hydrogen-bond donors (Lipinski definition) is 1. The van der Waals surface area contributed by atoms with Gasteiger partial charge in [0.25, 0.3) is 0 Å². The van der Waals surface area contributed by atoms with Crippen molar-refractivity contribution in [2.75, 3.05) is 31.6 Å². The molecule has 0 saturated carbocycles. The smallest absolute Gasteiger partial charge is 0.239 e. The van der Waals surface area contributed by atoms with Crippen LogP contribution in [0.15, 0.2) is 24.3 Å². The Morgan fingerprint density at radius 1 is 1.25 bits per heavy atom. The number of hydrogen-bond acceptors (Lipinski definition) is 3. The first kappa shape index (κ1) is 17.0. The Morgan fingerprint density at radius 3 is 2.54 bits per heavy atom. The standard InChI is InChI=1S/C19H27N3O2/c1-13(2)14-4-6-15(7-5-14)22-11-9-17(19(22)24)18(23)21(3)16-8-10-20-12-16/h4-7,13,16-17,20H,8-12H2,1-3H3. The van der Waals surface area contributed by atoms with Crippen LogP contribution in [0.5, 0.6) is 0 Å². The summed E-state index contributed by atoms with van der Waals surface area (Å²) in [6, 6.07) is 8.33. The molecule has 0 spiro atoms. The van der Waals surface area contributed by atoms with Crippen molar-refractivity contribution >= 4 is 17.5 Å². The van der Waals surface area contributed by atoms with E-state index in [0.717, 1.165) is 25.2 Å². The van der Waals surface area contributed by atoms with Crippen molar-refractivity contribution in [1.29, 1.82) is 0 Å². The van der Waals surface area contributed by atoms with Crippen LogP contribution in [-0.2, 0) is 9.59 Å². The summed E-state index contributed by atoms with van der Waals surface area (Å²) in [5.41, 5.74) is 2.15. The predicted octanol–water partition coefficient (Wildman–Crippen LogP) is 1.98. The van der Waals surface area contributed by atoms with Crippen molar-refractivity contribution in [1.82, 2.24) is 10.2 Å². The van der Waals surface area contributed by atoms with Crippen molar-refractivity contribution in [2.24, 2.45) is 5.92 Å². The summed E-state index contributed by atoms with van der Waals surface area (Å²) in [5, 5.41) is 3.27. The van der Waals surface area contributed by atoms with E-state index in [1.165, 1.54) is 5.56 Å². The van der Waals surface area contributed by atoms with Gasteiger partial charge in [0.15, 0.2) is 0 Å². The minimum Gasteiger partial charge on any atom is -0.341 e. The van der Waals surface area contributed by atoms with Gasteiger partial charge in [-0.25, -0.2) is 0 Å². The molecular formula is C19H27N3O2. The summed E-state index contributed by atoms with van der Waals surface area (Å²) in [6.45, 7) is 6.68. The minimum atomic E-state index is -0.527.